The first-order valence-corrected chi connectivity index (χ1v) is 6.54. The predicted octanol–water partition coefficient (Wildman–Crippen LogP) is 2.54. The van der Waals surface area contributed by atoms with Gasteiger partial charge < -0.3 is 14.9 Å². The molecule has 2 N–H and O–H groups in total. The van der Waals surface area contributed by atoms with E-state index >= 15 is 0 Å². The molecule has 0 unspecified atom stereocenters. The van der Waals surface area contributed by atoms with Gasteiger partial charge in [0.25, 0.3) is 5.91 Å². The molecule has 5 nitrogen and oxygen atoms in total. The Morgan fingerprint density at radius 2 is 2.24 bits per heavy atom. The van der Waals surface area contributed by atoms with Crippen LogP contribution in [-0.2, 0) is 0 Å². The van der Waals surface area contributed by atoms with Crippen molar-refractivity contribution in [1.29, 1.82) is 0 Å². The predicted molar refractivity (Wildman–Crippen MR) is 79.3 cm³/mol. The zero-order valence-electron chi connectivity index (χ0n) is 11.5. The fourth-order valence-electron chi connectivity index (χ4n) is 1.86. The van der Waals surface area contributed by atoms with Crippen LogP contribution in [-0.4, -0.2) is 22.8 Å². The lowest BCUT2D eigenvalue weighted by atomic mass is 10.1. The molecule has 1 aromatic heterocycles. The average Bonchev–Trinajstić information content (AvgIpc) is 2.77. The number of hydrogen-bond acceptors (Lipinski definition) is 4. The van der Waals surface area contributed by atoms with Gasteiger partial charge in [-0.2, -0.15) is 0 Å². The Morgan fingerprint density at radius 1 is 1.48 bits per heavy atom. The Hall–Kier alpha value is -2.29. The third kappa shape index (κ3) is 3.43. The molecule has 2 rings (SSSR count). The fourth-order valence-corrected chi connectivity index (χ4v) is 2.03. The molecule has 1 amide bonds. The van der Waals surface area contributed by atoms with Crippen molar-refractivity contribution in [2.45, 2.75) is 13.8 Å². The van der Waals surface area contributed by atoms with E-state index in [9.17, 15) is 4.79 Å². The zero-order valence-corrected chi connectivity index (χ0v) is 12.3. The largest absolute Gasteiger partial charge is 0.384 e. The monoisotopic (exact) mass is 304 g/mol. The normalized spacial score (nSPS) is 9.90. The standard InChI is InChI=1S/C15H13ClN2O3/c1-9-14(10(2)21-18-9)15(20)17-13-8-12(16)6-5-11(13)4-3-7-19/h5-6,8,19H,7H2,1-2H3,(H,17,20). The molecule has 1 aromatic carbocycles. The van der Waals surface area contributed by atoms with Crippen LogP contribution in [0.25, 0.3) is 0 Å². The molecule has 0 aliphatic rings. The minimum atomic E-state index is -0.347. The van der Waals surface area contributed by atoms with Gasteiger partial charge in [-0.05, 0) is 32.0 Å². The Balaban J connectivity index is 2.35. The van der Waals surface area contributed by atoms with E-state index in [2.05, 4.69) is 22.3 Å². The topological polar surface area (TPSA) is 75.4 Å². The number of hydrogen-bond donors (Lipinski definition) is 2. The Morgan fingerprint density at radius 3 is 2.86 bits per heavy atom. The number of aromatic nitrogens is 1. The second-order valence-corrected chi connectivity index (χ2v) is 4.74. The maximum absolute atomic E-state index is 12.3. The second kappa shape index (κ2) is 6.44. The second-order valence-electron chi connectivity index (χ2n) is 4.30. The fraction of sp³-hybridized carbons (Fsp3) is 0.200. The van der Waals surface area contributed by atoms with E-state index in [0.29, 0.717) is 33.3 Å². The number of amides is 1. The van der Waals surface area contributed by atoms with Crippen molar-refractivity contribution in [2.24, 2.45) is 0 Å². The summed E-state index contributed by atoms with van der Waals surface area (Å²) < 4.78 is 4.98. The first kappa shape index (κ1) is 15.1. The van der Waals surface area contributed by atoms with E-state index in [1.807, 2.05) is 0 Å². The highest BCUT2D eigenvalue weighted by Crippen LogP contribution is 2.22. The number of carbonyl (C=O) groups is 1. The first-order valence-electron chi connectivity index (χ1n) is 6.16. The summed E-state index contributed by atoms with van der Waals surface area (Å²) in [7, 11) is 0. The summed E-state index contributed by atoms with van der Waals surface area (Å²) in [5, 5.41) is 15.7. The molecular formula is C15H13ClN2O3. The first-order chi connectivity index (χ1) is 10.0. The van der Waals surface area contributed by atoms with Crippen molar-refractivity contribution >= 4 is 23.2 Å². The quantitative estimate of drug-likeness (QED) is 0.836. The number of aliphatic hydroxyl groups excluding tert-OH is 1. The van der Waals surface area contributed by atoms with Crippen molar-refractivity contribution < 1.29 is 14.4 Å². The van der Waals surface area contributed by atoms with Crippen LogP contribution in [0, 0.1) is 25.7 Å². The summed E-state index contributed by atoms with van der Waals surface area (Å²) in [6, 6.07) is 4.93. The number of aliphatic hydroxyl groups is 1. The van der Waals surface area contributed by atoms with Gasteiger partial charge in [0.15, 0.2) is 0 Å². The van der Waals surface area contributed by atoms with E-state index in [-0.39, 0.29) is 12.5 Å². The number of aryl methyl sites for hydroxylation is 2. The maximum atomic E-state index is 12.3. The van der Waals surface area contributed by atoms with Crippen LogP contribution in [0.1, 0.15) is 27.4 Å². The van der Waals surface area contributed by atoms with Gasteiger partial charge in [-0.1, -0.05) is 28.6 Å². The lowest BCUT2D eigenvalue weighted by molar-refractivity contribution is 0.102. The van der Waals surface area contributed by atoms with Crippen LogP contribution in [0.3, 0.4) is 0 Å². The molecule has 0 spiro atoms. The van der Waals surface area contributed by atoms with Crippen LogP contribution < -0.4 is 5.32 Å². The van der Waals surface area contributed by atoms with Gasteiger partial charge in [0.2, 0.25) is 0 Å². The van der Waals surface area contributed by atoms with Gasteiger partial charge in [0, 0.05) is 10.6 Å². The number of nitrogens with one attached hydrogen (secondary N) is 1. The molecule has 0 radical (unpaired) electrons. The number of benzene rings is 1. The molecule has 21 heavy (non-hydrogen) atoms. The molecule has 0 aliphatic carbocycles. The number of anilines is 1. The Kier molecular flexibility index (Phi) is 4.63. The molecule has 6 heteroatoms. The Bertz CT molecular complexity index is 722. The number of carbonyl (C=O) groups excluding carboxylic acids is 1. The van der Waals surface area contributed by atoms with Crippen LogP contribution in [0.4, 0.5) is 5.69 Å². The third-order valence-electron chi connectivity index (χ3n) is 2.79. The summed E-state index contributed by atoms with van der Waals surface area (Å²) in [5.74, 6) is 5.39. The minimum absolute atomic E-state index is 0.264. The highest BCUT2D eigenvalue weighted by Gasteiger charge is 2.18. The summed E-state index contributed by atoms with van der Waals surface area (Å²) in [6.07, 6.45) is 0. The van der Waals surface area contributed by atoms with Crippen LogP contribution >= 0.6 is 11.6 Å². The molecule has 0 atom stereocenters. The van der Waals surface area contributed by atoms with E-state index in [0.717, 1.165) is 0 Å². The third-order valence-corrected chi connectivity index (χ3v) is 3.03. The summed E-state index contributed by atoms with van der Waals surface area (Å²) in [6.45, 7) is 3.09. The summed E-state index contributed by atoms with van der Waals surface area (Å²) >= 11 is 5.94. The highest BCUT2D eigenvalue weighted by atomic mass is 35.5. The van der Waals surface area contributed by atoms with Crippen molar-refractivity contribution in [3.63, 3.8) is 0 Å². The van der Waals surface area contributed by atoms with Crippen LogP contribution in [0.15, 0.2) is 22.7 Å². The molecular weight excluding hydrogens is 292 g/mol. The van der Waals surface area contributed by atoms with E-state index in [4.69, 9.17) is 21.2 Å². The summed E-state index contributed by atoms with van der Waals surface area (Å²) in [5.41, 5.74) is 1.92. The number of nitrogens with zero attached hydrogens (tertiary/aromatic N) is 1. The summed E-state index contributed by atoms with van der Waals surface area (Å²) in [4.78, 5) is 12.3. The molecule has 1 heterocycles. The van der Waals surface area contributed by atoms with Gasteiger partial charge in [-0.25, -0.2) is 0 Å². The molecule has 2 aromatic rings. The van der Waals surface area contributed by atoms with Gasteiger partial charge in [-0.3, -0.25) is 4.79 Å². The molecule has 0 aliphatic heterocycles. The number of rotatable bonds is 2. The van der Waals surface area contributed by atoms with E-state index < -0.39 is 0 Å². The van der Waals surface area contributed by atoms with Crippen LogP contribution in [0.5, 0.6) is 0 Å². The molecule has 0 saturated carbocycles. The molecule has 108 valence electrons. The van der Waals surface area contributed by atoms with Gasteiger partial charge in [-0.15, -0.1) is 0 Å². The van der Waals surface area contributed by atoms with Crippen molar-refractivity contribution in [1.82, 2.24) is 5.16 Å². The van der Waals surface area contributed by atoms with Crippen LogP contribution in [0.2, 0.25) is 5.02 Å². The van der Waals surface area contributed by atoms with Crippen molar-refractivity contribution in [3.05, 3.63) is 45.8 Å². The minimum Gasteiger partial charge on any atom is -0.384 e. The number of halogens is 1. The zero-order chi connectivity index (χ0) is 15.4. The average molecular weight is 305 g/mol. The molecule has 0 fully saturated rings. The Labute approximate surface area is 126 Å². The molecule has 0 bridgehead atoms. The lowest BCUT2D eigenvalue weighted by Gasteiger charge is -2.08. The van der Waals surface area contributed by atoms with Gasteiger partial charge in [0.1, 0.15) is 17.9 Å². The van der Waals surface area contributed by atoms with E-state index in [1.165, 1.54) is 0 Å². The highest BCUT2D eigenvalue weighted by molar-refractivity contribution is 6.31. The molecule has 0 saturated heterocycles. The maximum Gasteiger partial charge on any atom is 0.261 e. The van der Waals surface area contributed by atoms with Gasteiger partial charge in [0.05, 0.1) is 11.4 Å². The van der Waals surface area contributed by atoms with Gasteiger partial charge >= 0.3 is 0 Å². The van der Waals surface area contributed by atoms with Crippen molar-refractivity contribution in [3.8, 4) is 11.8 Å². The lowest BCUT2D eigenvalue weighted by Crippen LogP contribution is -2.14. The smallest absolute Gasteiger partial charge is 0.261 e. The van der Waals surface area contributed by atoms with E-state index in [1.54, 1.807) is 32.0 Å². The van der Waals surface area contributed by atoms with Crippen molar-refractivity contribution in [2.75, 3.05) is 11.9 Å². The SMILES string of the molecule is Cc1noc(C)c1C(=O)Nc1cc(Cl)ccc1C#CCO.